The zero-order chi connectivity index (χ0) is 9.52. The van der Waals surface area contributed by atoms with Crippen molar-refractivity contribution >= 4 is 11.3 Å². The minimum atomic E-state index is 0.805. The molecular formula is C10H17NOS. The molecule has 0 fully saturated rings. The van der Waals surface area contributed by atoms with Crippen molar-refractivity contribution in [3.63, 3.8) is 0 Å². The molecule has 1 aromatic rings. The Labute approximate surface area is 83.9 Å². The van der Waals surface area contributed by atoms with Gasteiger partial charge in [0.15, 0.2) is 0 Å². The summed E-state index contributed by atoms with van der Waals surface area (Å²) in [7, 11) is 0. The fourth-order valence-electron chi connectivity index (χ4n) is 1.08. The molecule has 13 heavy (non-hydrogen) atoms. The molecule has 0 saturated heterocycles. The minimum Gasteiger partial charge on any atom is -0.380 e. The first-order valence-corrected chi connectivity index (χ1v) is 5.54. The van der Waals surface area contributed by atoms with Gasteiger partial charge in [-0.05, 0) is 30.9 Å². The van der Waals surface area contributed by atoms with E-state index in [4.69, 9.17) is 4.74 Å². The summed E-state index contributed by atoms with van der Waals surface area (Å²) in [6.45, 7) is 7.68. The average molecular weight is 199 g/mol. The van der Waals surface area contributed by atoms with Crippen molar-refractivity contribution in [1.29, 1.82) is 0 Å². The third-order valence-corrected chi connectivity index (χ3v) is 2.90. The van der Waals surface area contributed by atoms with E-state index in [1.165, 1.54) is 10.4 Å². The van der Waals surface area contributed by atoms with Gasteiger partial charge in [-0.25, -0.2) is 0 Å². The van der Waals surface area contributed by atoms with Crippen LogP contribution in [-0.4, -0.2) is 19.8 Å². The van der Waals surface area contributed by atoms with E-state index >= 15 is 0 Å². The van der Waals surface area contributed by atoms with E-state index in [1.807, 2.05) is 18.3 Å². The van der Waals surface area contributed by atoms with Gasteiger partial charge in [-0.2, -0.15) is 0 Å². The predicted molar refractivity (Wildman–Crippen MR) is 57.3 cm³/mol. The highest BCUT2D eigenvalue weighted by atomic mass is 32.1. The third-order valence-electron chi connectivity index (χ3n) is 1.88. The van der Waals surface area contributed by atoms with Crippen LogP contribution in [0.3, 0.4) is 0 Å². The maximum absolute atomic E-state index is 5.22. The topological polar surface area (TPSA) is 21.3 Å². The van der Waals surface area contributed by atoms with E-state index in [2.05, 4.69) is 23.7 Å². The summed E-state index contributed by atoms with van der Waals surface area (Å²) in [5, 5.41) is 5.48. The predicted octanol–water partition coefficient (Wildman–Crippen LogP) is 2.18. The lowest BCUT2D eigenvalue weighted by molar-refractivity contribution is 0.149. The molecule has 1 N–H and O–H groups in total. The Morgan fingerprint density at radius 2 is 2.38 bits per heavy atom. The zero-order valence-corrected chi connectivity index (χ0v) is 9.12. The molecule has 2 nitrogen and oxygen atoms in total. The second-order valence-electron chi connectivity index (χ2n) is 2.90. The van der Waals surface area contributed by atoms with Crippen molar-refractivity contribution in [2.24, 2.45) is 0 Å². The highest BCUT2D eigenvalue weighted by Crippen LogP contribution is 2.14. The summed E-state index contributed by atoms with van der Waals surface area (Å²) in [5.41, 5.74) is 1.38. The van der Waals surface area contributed by atoms with E-state index in [-0.39, 0.29) is 0 Å². The molecule has 1 rings (SSSR count). The molecule has 0 radical (unpaired) electrons. The number of ether oxygens (including phenoxy) is 1. The summed E-state index contributed by atoms with van der Waals surface area (Å²) >= 11 is 1.81. The molecule has 0 aliphatic carbocycles. The van der Waals surface area contributed by atoms with Crippen LogP contribution in [0, 0.1) is 6.92 Å². The lowest BCUT2D eigenvalue weighted by atomic mass is 10.3. The number of rotatable bonds is 6. The molecular weight excluding hydrogens is 182 g/mol. The third kappa shape index (κ3) is 3.89. The molecule has 0 aliphatic heterocycles. The van der Waals surface area contributed by atoms with Crippen molar-refractivity contribution in [2.75, 3.05) is 19.8 Å². The number of hydrogen-bond donors (Lipinski definition) is 1. The van der Waals surface area contributed by atoms with Gasteiger partial charge in [-0.15, -0.1) is 11.3 Å². The van der Waals surface area contributed by atoms with Gasteiger partial charge >= 0.3 is 0 Å². The lowest BCUT2D eigenvalue weighted by Gasteiger charge is -2.03. The highest BCUT2D eigenvalue weighted by Gasteiger charge is 1.97. The van der Waals surface area contributed by atoms with Gasteiger partial charge in [0.25, 0.3) is 0 Å². The largest absolute Gasteiger partial charge is 0.380 e. The quantitative estimate of drug-likeness (QED) is 0.709. The fourth-order valence-corrected chi connectivity index (χ4v) is 1.95. The van der Waals surface area contributed by atoms with Crippen LogP contribution in [-0.2, 0) is 11.3 Å². The second-order valence-corrected chi connectivity index (χ2v) is 3.90. The van der Waals surface area contributed by atoms with Gasteiger partial charge in [-0.1, -0.05) is 0 Å². The molecule has 1 heterocycles. The first kappa shape index (κ1) is 10.7. The van der Waals surface area contributed by atoms with Gasteiger partial charge < -0.3 is 10.1 Å². The van der Waals surface area contributed by atoms with E-state index in [1.54, 1.807) is 0 Å². The Kier molecular flexibility index (Phi) is 5.05. The van der Waals surface area contributed by atoms with E-state index < -0.39 is 0 Å². The molecule has 0 bridgehead atoms. The van der Waals surface area contributed by atoms with Gasteiger partial charge in [0.1, 0.15) is 0 Å². The SMILES string of the molecule is CCOCCNCc1sccc1C. The summed E-state index contributed by atoms with van der Waals surface area (Å²) < 4.78 is 5.22. The maximum Gasteiger partial charge on any atom is 0.0590 e. The van der Waals surface area contributed by atoms with Crippen LogP contribution in [0.1, 0.15) is 17.4 Å². The lowest BCUT2D eigenvalue weighted by Crippen LogP contribution is -2.18. The normalized spacial score (nSPS) is 10.6. The van der Waals surface area contributed by atoms with Crippen molar-refractivity contribution in [3.05, 3.63) is 21.9 Å². The summed E-state index contributed by atoms with van der Waals surface area (Å²) in [4.78, 5) is 1.43. The Morgan fingerprint density at radius 3 is 3.00 bits per heavy atom. The zero-order valence-electron chi connectivity index (χ0n) is 8.30. The number of nitrogens with one attached hydrogen (secondary N) is 1. The van der Waals surface area contributed by atoms with Crippen LogP contribution in [0.15, 0.2) is 11.4 Å². The van der Waals surface area contributed by atoms with E-state index in [0.717, 1.165) is 26.3 Å². The van der Waals surface area contributed by atoms with E-state index in [0.29, 0.717) is 0 Å². The molecule has 0 saturated carbocycles. The smallest absolute Gasteiger partial charge is 0.0590 e. The Balaban J connectivity index is 2.10. The van der Waals surface area contributed by atoms with E-state index in [9.17, 15) is 0 Å². The summed E-state index contributed by atoms with van der Waals surface area (Å²) in [6.07, 6.45) is 0. The molecule has 0 amide bonds. The van der Waals surface area contributed by atoms with Crippen LogP contribution in [0.4, 0.5) is 0 Å². The molecule has 3 heteroatoms. The van der Waals surface area contributed by atoms with Crippen molar-refractivity contribution < 1.29 is 4.74 Å². The molecule has 0 aromatic carbocycles. The summed E-state index contributed by atoms with van der Waals surface area (Å²) in [6, 6.07) is 2.16. The highest BCUT2D eigenvalue weighted by molar-refractivity contribution is 7.10. The molecule has 0 spiro atoms. The van der Waals surface area contributed by atoms with Crippen LogP contribution >= 0.6 is 11.3 Å². The molecule has 0 atom stereocenters. The Morgan fingerprint density at radius 1 is 1.54 bits per heavy atom. The molecule has 0 aliphatic rings. The van der Waals surface area contributed by atoms with Crippen molar-refractivity contribution in [3.8, 4) is 0 Å². The van der Waals surface area contributed by atoms with Gasteiger partial charge in [0, 0.05) is 24.6 Å². The number of hydrogen-bond acceptors (Lipinski definition) is 3. The Bertz CT molecular complexity index is 235. The van der Waals surface area contributed by atoms with Crippen LogP contribution in [0.25, 0.3) is 0 Å². The minimum absolute atomic E-state index is 0.805. The van der Waals surface area contributed by atoms with Gasteiger partial charge in [0.05, 0.1) is 6.61 Å². The molecule has 0 unspecified atom stereocenters. The van der Waals surface area contributed by atoms with Crippen molar-refractivity contribution in [2.45, 2.75) is 20.4 Å². The van der Waals surface area contributed by atoms with Crippen LogP contribution < -0.4 is 5.32 Å². The van der Waals surface area contributed by atoms with Gasteiger partial charge in [-0.3, -0.25) is 0 Å². The Hall–Kier alpha value is -0.380. The summed E-state index contributed by atoms with van der Waals surface area (Å²) in [5.74, 6) is 0. The molecule has 1 aromatic heterocycles. The average Bonchev–Trinajstić information content (AvgIpc) is 2.52. The second kappa shape index (κ2) is 6.13. The first-order valence-electron chi connectivity index (χ1n) is 4.66. The van der Waals surface area contributed by atoms with Crippen LogP contribution in [0.2, 0.25) is 0 Å². The molecule has 74 valence electrons. The number of thiophene rings is 1. The fraction of sp³-hybridized carbons (Fsp3) is 0.600. The monoisotopic (exact) mass is 199 g/mol. The standard InChI is InChI=1S/C10H17NOS/c1-3-12-6-5-11-8-10-9(2)4-7-13-10/h4,7,11H,3,5-6,8H2,1-2H3. The first-order chi connectivity index (χ1) is 6.34. The van der Waals surface area contributed by atoms with Gasteiger partial charge in [0.2, 0.25) is 0 Å². The van der Waals surface area contributed by atoms with Crippen molar-refractivity contribution in [1.82, 2.24) is 5.32 Å². The number of aryl methyl sites for hydroxylation is 1. The van der Waals surface area contributed by atoms with Crippen LogP contribution in [0.5, 0.6) is 0 Å². The maximum atomic E-state index is 5.22.